The topological polar surface area (TPSA) is 149 Å². The number of aryl methyl sites for hydroxylation is 1. The smallest absolute Gasteiger partial charge is 0.320 e. The third kappa shape index (κ3) is 3.75. The highest BCUT2D eigenvalue weighted by atomic mass is 16.6. The number of aliphatic hydroxyl groups is 3. The van der Waals surface area contributed by atoms with Gasteiger partial charge in [-0.1, -0.05) is 29.8 Å². The maximum Gasteiger partial charge on any atom is 0.320 e. The summed E-state index contributed by atoms with van der Waals surface area (Å²) >= 11 is 0. The highest BCUT2D eigenvalue weighted by molar-refractivity contribution is 5.82. The monoisotopic (exact) mass is 401 g/mol. The maximum absolute atomic E-state index is 10.3. The van der Waals surface area contributed by atoms with E-state index in [4.69, 9.17) is 15.2 Å². The van der Waals surface area contributed by atoms with E-state index in [-0.39, 0.29) is 11.8 Å². The number of anilines is 1. The van der Waals surface area contributed by atoms with Gasteiger partial charge in [0.05, 0.1) is 19.5 Å². The Labute approximate surface area is 166 Å². The third-order valence-corrected chi connectivity index (χ3v) is 4.92. The van der Waals surface area contributed by atoms with Crippen LogP contribution in [0.25, 0.3) is 11.2 Å². The Kier molecular flexibility index (Phi) is 5.33. The van der Waals surface area contributed by atoms with E-state index in [2.05, 4.69) is 21.0 Å². The lowest BCUT2D eigenvalue weighted by molar-refractivity contribution is -0.0511. The predicted octanol–water partition coefficient (Wildman–Crippen LogP) is -0.0501. The lowest BCUT2D eigenvalue weighted by atomic mass is 10.1. The van der Waals surface area contributed by atoms with Crippen LogP contribution in [0, 0.1) is 6.92 Å². The number of fused-ring (bicyclic) bond motifs is 1. The summed E-state index contributed by atoms with van der Waals surface area (Å²) in [5, 5.41) is 29.6. The number of nitrogens with zero attached hydrogens (tertiary/aromatic N) is 4. The molecule has 0 bridgehead atoms. The second kappa shape index (κ2) is 7.91. The van der Waals surface area contributed by atoms with Crippen molar-refractivity contribution in [3.05, 3.63) is 41.7 Å². The van der Waals surface area contributed by atoms with Gasteiger partial charge in [0.25, 0.3) is 0 Å². The van der Waals surface area contributed by atoms with Crippen molar-refractivity contribution in [2.45, 2.75) is 37.9 Å². The van der Waals surface area contributed by atoms with E-state index in [9.17, 15) is 15.3 Å². The molecule has 0 aliphatic carbocycles. The second-order valence-corrected chi connectivity index (χ2v) is 7.03. The van der Waals surface area contributed by atoms with Crippen LogP contribution < -0.4 is 10.5 Å². The summed E-state index contributed by atoms with van der Waals surface area (Å²) in [5.41, 5.74) is 8.93. The van der Waals surface area contributed by atoms with E-state index in [0.717, 1.165) is 5.56 Å². The third-order valence-electron chi connectivity index (χ3n) is 4.92. The number of nitrogens with two attached hydrogens (primary N) is 1. The molecule has 1 aromatic carbocycles. The molecule has 154 valence electrons. The molecule has 3 heterocycles. The zero-order valence-corrected chi connectivity index (χ0v) is 15.8. The summed E-state index contributed by atoms with van der Waals surface area (Å²) in [6, 6.07) is 8.20. The van der Waals surface area contributed by atoms with Gasteiger partial charge < -0.3 is 30.5 Å². The minimum Gasteiger partial charge on any atom is -0.463 e. The second-order valence-electron chi connectivity index (χ2n) is 7.03. The van der Waals surface area contributed by atoms with E-state index >= 15 is 0 Å². The molecule has 2 aromatic heterocycles. The summed E-state index contributed by atoms with van der Waals surface area (Å²) in [4.78, 5) is 12.7. The number of ether oxygens (including phenoxy) is 2. The molecule has 1 saturated heterocycles. The molecule has 10 nitrogen and oxygen atoms in total. The summed E-state index contributed by atoms with van der Waals surface area (Å²) in [7, 11) is 0. The predicted molar refractivity (Wildman–Crippen MR) is 103 cm³/mol. The Morgan fingerprint density at radius 1 is 1.24 bits per heavy atom. The van der Waals surface area contributed by atoms with Gasteiger partial charge in [0.2, 0.25) is 0 Å². The Hall–Kier alpha value is -2.79. The fraction of sp³-hybridized carbons (Fsp3) is 0.421. The highest BCUT2D eigenvalue weighted by Crippen LogP contribution is 2.32. The molecule has 0 radical (unpaired) electrons. The Morgan fingerprint density at radius 2 is 2.07 bits per heavy atom. The zero-order valence-electron chi connectivity index (χ0n) is 15.8. The van der Waals surface area contributed by atoms with Crippen LogP contribution in [0.3, 0.4) is 0 Å². The molecule has 4 atom stereocenters. The molecule has 0 saturated carbocycles. The lowest BCUT2D eigenvalue weighted by Gasteiger charge is -2.16. The number of nitrogen functional groups attached to an aromatic ring is 1. The molecule has 4 rings (SSSR count). The number of hydrogen-bond donors (Lipinski definition) is 4. The van der Waals surface area contributed by atoms with E-state index in [0.29, 0.717) is 24.2 Å². The van der Waals surface area contributed by atoms with Crippen LogP contribution >= 0.6 is 0 Å². The molecule has 0 amide bonds. The van der Waals surface area contributed by atoms with Gasteiger partial charge in [0, 0.05) is 6.42 Å². The van der Waals surface area contributed by atoms with Crippen molar-refractivity contribution < 1.29 is 24.8 Å². The Bertz CT molecular complexity index is 1010. The summed E-state index contributed by atoms with van der Waals surface area (Å²) < 4.78 is 12.7. The number of benzene rings is 1. The van der Waals surface area contributed by atoms with Crippen molar-refractivity contribution in [3.63, 3.8) is 0 Å². The van der Waals surface area contributed by atoms with Gasteiger partial charge in [-0.05, 0) is 12.5 Å². The molecule has 1 unspecified atom stereocenters. The van der Waals surface area contributed by atoms with Crippen LogP contribution in [0.2, 0.25) is 0 Å². The molecule has 0 spiro atoms. The van der Waals surface area contributed by atoms with Gasteiger partial charge >= 0.3 is 6.01 Å². The largest absolute Gasteiger partial charge is 0.463 e. The van der Waals surface area contributed by atoms with E-state index in [1.165, 1.54) is 16.5 Å². The van der Waals surface area contributed by atoms with Gasteiger partial charge in [0.15, 0.2) is 23.2 Å². The van der Waals surface area contributed by atoms with Gasteiger partial charge in [0.1, 0.15) is 18.3 Å². The van der Waals surface area contributed by atoms with Gasteiger partial charge in [-0.2, -0.15) is 9.97 Å². The molecule has 10 heteroatoms. The van der Waals surface area contributed by atoms with Crippen LogP contribution in [-0.4, -0.2) is 66.4 Å². The number of imidazole rings is 1. The normalized spacial score (nSPS) is 24.3. The highest BCUT2D eigenvalue weighted by Gasteiger charge is 2.44. The fourth-order valence-corrected chi connectivity index (χ4v) is 3.41. The number of aliphatic hydroxyl groups excluding tert-OH is 3. The van der Waals surface area contributed by atoms with E-state index < -0.39 is 31.1 Å². The first-order chi connectivity index (χ1) is 14.0. The first-order valence-electron chi connectivity index (χ1n) is 9.28. The van der Waals surface area contributed by atoms with Crippen molar-refractivity contribution in [1.82, 2.24) is 19.5 Å². The molecule has 1 fully saturated rings. The van der Waals surface area contributed by atoms with Crippen molar-refractivity contribution in [3.8, 4) is 6.01 Å². The molecular weight excluding hydrogens is 378 g/mol. The average molecular weight is 401 g/mol. The van der Waals surface area contributed by atoms with Crippen molar-refractivity contribution >= 4 is 17.0 Å². The lowest BCUT2D eigenvalue weighted by Crippen LogP contribution is -2.33. The Balaban J connectivity index is 1.55. The van der Waals surface area contributed by atoms with Crippen LogP contribution in [-0.2, 0) is 11.2 Å². The van der Waals surface area contributed by atoms with E-state index in [1.807, 2.05) is 25.1 Å². The minimum atomic E-state index is -1.26. The molecule has 1 aliphatic heterocycles. The molecule has 3 aromatic rings. The average Bonchev–Trinajstić information content (AvgIpc) is 3.24. The number of hydrogen-bond acceptors (Lipinski definition) is 9. The summed E-state index contributed by atoms with van der Waals surface area (Å²) in [6.45, 7) is 1.96. The van der Waals surface area contributed by atoms with Crippen molar-refractivity contribution in [2.75, 3.05) is 18.9 Å². The molecule has 1 aliphatic rings. The van der Waals surface area contributed by atoms with Crippen LogP contribution in [0.1, 0.15) is 17.4 Å². The van der Waals surface area contributed by atoms with Crippen molar-refractivity contribution in [1.29, 1.82) is 0 Å². The van der Waals surface area contributed by atoms with E-state index in [1.54, 1.807) is 0 Å². The van der Waals surface area contributed by atoms with Crippen LogP contribution in [0.15, 0.2) is 30.6 Å². The fourth-order valence-electron chi connectivity index (χ4n) is 3.41. The van der Waals surface area contributed by atoms with Gasteiger partial charge in [-0.15, -0.1) is 0 Å². The quantitative estimate of drug-likeness (QED) is 0.446. The minimum absolute atomic E-state index is 0.0798. The SMILES string of the molecule is Cc1cccc(CCOc2nc(N)c3ncn(C4O[C@H](CO)[C@@H](O)[C@H]4O)c3n2)c1. The number of aromatic nitrogens is 4. The summed E-state index contributed by atoms with van der Waals surface area (Å²) in [5.74, 6) is 0.131. The zero-order chi connectivity index (χ0) is 20.5. The van der Waals surface area contributed by atoms with Crippen LogP contribution in [0.5, 0.6) is 6.01 Å². The Morgan fingerprint density at radius 3 is 2.79 bits per heavy atom. The van der Waals surface area contributed by atoms with Gasteiger partial charge in [-0.3, -0.25) is 4.57 Å². The van der Waals surface area contributed by atoms with Crippen LogP contribution in [0.4, 0.5) is 5.82 Å². The van der Waals surface area contributed by atoms with Crippen molar-refractivity contribution in [2.24, 2.45) is 0 Å². The first-order valence-corrected chi connectivity index (χ1v) is 9.28. The standard InChI is InChI=1S/C19H23N5O5/c1-10-3-2-4-11(7-10)5-6-28-19-22-16(20)13-17(23-19)24(9-21-13)18-15(27)14(26)12(8-25)29-18/h2-4,7,9,12,14-15,18,25-27H,5-6,8H2,1H3,(H2,20,22,23)/t12-,14-,15-,18?/m1/s1. The first kappa shape index (κ1) is 19.5. The maximum atomic E-state index is 10.3. The summed E-state index contributed by atoms with van der Waals surface area (Å²) in [6.07, 6.45) is -2.29. The number of rotatable bonds is 6. The molecule has 29 heavy (non-hydrogen) atoms. The molecule has 5 N–H and O–H groups in total. The van der Waals surface area contributed by atoms with Gasteiger partial charge in [-0.25, -0.2) is 4.98 Å². The molecular formula is C19H23N5O5.